The van der Waals surface area contributed by atoms with Crippen LogP contribution in [0.2, 0.25) is 0 Å². The van der Waals surface area contributed by atoms with Gasteiger partial charge in [0, 0.05) is 6.07 Å². The Balaban J connectivity index is 3.99. The standard InChI is InChI=1S/C10H3F3N4O4/c11-10(12,13)7-1-6(16(18)19)2-8(17(20)21)9(7)5(3-14)4-15/h1-2,14H. The molecule has 0 fully saturated rings. The number of nitro benzene ring substituents is 2. The van der Waals surface area contributed by atoms with Crippen molar-refractivity contribution >= 4 is 22.8 Å². The van der Waals surface area contributed by atoms with E-state index in [1.54, 1.807) is 0 Å². The number of nitrogens with zero attached hydrogens (tertiary/aromatic N) is 3. The number of allylic oxidation sites excluding steroid dienone is 1. The smallest absolute Gasteiger partial charge is 0.258 e. The van der Waals surface area contributed by atoms with Crippen LogP contribution in [0.1, 0.15) is 11.1 Å². The molecule has 0 aliphatic carbocycles. The van der Waals surface area contributed by atoms with Gasteiger partial charge in [0.1, 0.15) is 11.6 Å². The highest BCUT2D eigenvalue weighted by atomic mass is 19.4. The van der Waals surface area contributed by atoms with Gasteiger partial charge >= 0.3 is 6.18 Å². The average molecular weight is 300 g/mol. The summed E-state index contributed by atoms with van der Waals surface area (Å²) in [6.45, 7) is 0. The third-order valence-corrected chi connectivity index (χ3v) is 2.30. The minimum atomic E-state index is -5.19. The topological polar surface area (TPSA) is 134 Å². The number of halogens is 3. The van der Waals surface area contributed by atoms with Gasteiger partial charge in [0.2, 0.25) is 0 Å². The number of rotatable bonds is 3. The van der Waals surface area contributed by atoms with E-state index in [0.29, 0.717) is 6.07 Å². The van der Waals surface area contributed by atoms with Crippen molar-refractivity contribution in [2.45, 2.75) is 6.18 Å². The average Bonchev–Trinajstić information content (AvgIpc) is 2.38. The Labute approximate surface area is 113 Å². The van der Waals surface area contributed by atoms with Crippen LogP contribution in [0, 0.1) is 37.0 Å². The second-order valence-corrected chi connectivity index (χ2v) is 3.51. The molecule has 11 heteroatoms. The van der Waals surface area contributed by atoms with E-state index in [9.17, 15) is 33.4 Å². The molecule has 0 aliphatic heterocycles. The molecule has 108 valence electrons. The van der Waals surface area contributed by atoms with Crippen LogP contribution in [-0.4, -0.2) is 15.7 Å². The Morgan fingerprint density at radius 3 is 2.14 bits per heavy atom. The van der Waals surface area contributed by atoms with E-state index in [-0.39, 0.29) is 6.07 Å². The van der Waals surface area contributed by atoms with E-state index < -0.39 is 44.1 Å². The molecule has 0 amide bonds. The van der Waals surface area contributed by atoms with Gasteiger partial charge in [-0.05, 0) is 5.87 Å². The molecule has 0 bridgehead atoms. The van der Waals surface area contributed by atoms with Gasteiger partial charge < -0.3 is 0 Å². The lowest BCUT2D eigenvalue weighted by Crippen LogP contribution is -2.12. The summed E-state index contributed by atoms with van der Waals surface area (Å²) in [5, 5.41) is 36.8. The molecule has 0 aliphatic rings. The van der Waals surface area contributed by atoms with Crippen LogP contribution in [-0.2, 0) is 6.18 Å². The van der Waals surface area contributed by atoms with Crippen LogP contribution in [0.3, 0.4) is 0 Å². The Bertz CT molecular complexity index is 729. The van der Waals surface area contributed by atoms with E-state index >= 15 is 0 Å². The molecule has 1 rings (SSSR count). The molecular weight excluding hydrogens is 297 g/mol. The fourth-order valence-electron chi connectivity index (χ4n) is 1.49. The number of nitriles is 1. The number of hydrogen-bond acceptors (Lipinski definition) is 6. The summed E-state index contributed by atoms with van der Waals surface area (Å²) in [5.74, 6) is 1.36. The third-order valence-electron chi connectivity index (χ3n) is 2.30. The van der Waals surface area contributed by atoms with Crippen molar-refractivity contribution in [2.24, 2.45) is 0 Å². The van der Waals surface area contributed by atoms with Gasteiger partial charge in [0.05, 0.1) is 27.0 Å². The Kier molecular flexibility index (Phi) is 4.06. The molecule has 1 aromatic carbocycles. The lowest BCUT2D eigenvalue weighted by Gasteiger charge is -2.11. The second kappa shape index (κ2) is 5.40. The Hall–Kier alpha value is -3.25. The Morgan fingerprint density at radius 2 is 1.81 bits per heavy atom. The minimum Gasteiger partial charge on any atom is -0.258 e. The summed E-state index contributed by atoms with van der Waals surface area (Å²) >= 11 is 0. The van der Waals surface area contributed by atoms with Gasteiger partial charge in [-0.3, -0.25) is 25.6 Å². The first kappa shape index (κ1) is 15.8. The monoisotopic (exact) mass is 300 g/mol. The quantitative estimate of drug-likeness (QED) is 0.396. The van der Waals surface area contributed by atoms with Crippen molar-refractivity contribution in [3.8, 4) is 6.07 Å². The maximum atomic E-state index is 12.9. The molecule has 0 unspecified atom stereocenters. The van der Waals surface area contributed by atoms with Crippen LogP contribution in [0.4, 0.5) is 24.5 Å². The molecule has 0 aromatic heterocycles. The number of nitrogens with one attached hydrogen (secondary N) is 1. The molecule has 0 spiro atoms. The normalized spacial score (nSPS) is 10.4. The highest BCUT2D eigenvalue weighted by Crippen LogP contribution is 2.41. The summed E-state index contributed by atoms with van der Waals surface area (Å²) in [7, 11) is 0. The number of alkyl halides is 3. The van der Waals surface area contributed by atoms with Crippen molar-refractivity contribution in [1.82, 2.24) is 0 Å². The van der Waals surface area contributed by atoms with E-state index in [1.807, 2.05) is 0 Å². The summed E-state index contributed by atoms with van der Waals surface area (Å²) in [6.07, 6.45) is -5.19. The molecule has 0 heterocycles. The highest BCUT2D eigenvalue weighted by molar-refractivity contribution is 6.00. The predicted octanol–water partition coefficient (Wildman–Crippen LogP) is 2.68. The van der Waals surface area contributed by atoms with Crippen molar-refractivity contribution < 1.29 is 23.0 Å². The van der Waals surface area contributed by atoms with Gasteiger partial charge in [0.25, 0.3) is 11.4 Å². The summed E-state index contributed by atoms with van der Waals surface area (Å²) in [5.41, 5.74) is -6.48. The number of nitro groups is 2. The zero-order valence-corrected chi connectivity index (χ0v) is 9.76. The van der Waals surface area contributed by atoms with Crippen LogP contribution in [0.5, 0.6) is 0 Å². The first-order chi connectivity index (χ1) is 9.63. The Morgan fingerprint density at radius 1 is 1.24 bits per heavy atom. The number of non-ortho nitro benzene ring substituents is 1. The van der Waals surface area contributed by atoms with Crippen molar-refractivity contribution in [3.05, 3.63) is 43.5 Å². The third kappa shape index (κ3) is 3.02. The van der Waals surface area contributed by atoms with Crippen LogP contribution >= 0.6 is 0 Å². The molecule has 0 radical (unpaired) electrons. The SMILES string of the molecule is N#CC(=C=N)c1c([N+](=O)[O-])cc([N+](=O)[O-])cc1C(F)(F)F. The molecular formula is C10H3F3N4O4. The lowest BCUT2D eigenvalue weighted by atomic mass is 9.98. The summed E-state index contributed by atoms with van der Waals surface area (Å²) < 4.78 is 38.7. The van der Waals surface area contributed by atoms with Crippen LogP contribution < -0.4 is 0 Å². The maximum absolute atomic E-state index is 12.9. The molecule has 0 saturated carbocycles. The van der Waals surface area contributed by atoms with Gasteiger partial charge in [-0.2, -0.15) is 18.4 Å². The first-order valence-corrected chi connectivity index (χ1v) is 4.87. The number of hydrogen-bond donors (Lipinski definition) is 1. The van der Waals surface area contributed by atoms with Crippen molar-refractivity contribution in [2.75, 3.05) is 0 Å². The summed E-state index contributed by atoms with van der Waals surface area (Å²) in [4.78, 5) is 18.9. The first-order valence-electron chi connectivity index (χ1n) is 4.87. The minimum absolute atomic E-state index is 0.0665. The van der Waals surface area contributed by atoms with E-state index in [2.05, 4.69) is 0 Å². The largest absolute Gasteiger partial charge is 0.417 e. The molecule has 1 N–H and O–H groups in total. The molecule has 21 heavy (non-hydrogen) atoms. The van der Waals surface area contributed by atoms with Gasteiger partial charge in [-0.1, -0.05) is 0 Å². The van der Waals surface area contributed by atoms with Gasteiger partial charge in [-0.15, -0.1) is 0 Å². The zero-order chi connectivity index (χ0) is 16.4. The molecule has 8 nitrogen and oxygen atoms in total. The highest BCUT2D eigenvalue weighted by Gasteiger charge is 2.40. The van der Waals surface area contributed by atoms with Crippen LogP contribution in [0.15, 0.2) is 12.1 Å². The van der Waals surface area contributed by atoms with Gasteiger partial charge in [0.15, 0.2) is 0 Å². The molecule has 1 aromatic rings. The fourth-order valence-corrected chi connectivity index (χ4v) is 1.49. The molecule has 0 atom stereocenters. The fraction of sp³-hybridized carbons (Fsp3) is 0.100. The van der Waals surface area contributed by atoms with Crippen LogP contribution in [0.25, 0.3) is 5.57 Å². The van der Waals surface area contributed by atoms with Gasteiger partial charge in [-0.25, -0.2) is 0 Å². The number of benzene rings is 1. The van der Waals surface area contributed by atoms with Crippen molar-refractivity contribution in [1.29, 1.82) is 10.7 Å². The molecule has 0 saturated heterocycles. The summed E-state index contributed by atoms with van der Waals surface area (Å²) in [6, 6.07) is 1.53. The maximum Gasteiger partial charge on any atom is 0.417 e. The zero-order valence-electron chi connectivity index (χ0n) is 9.76. The predicted molar refractivity (Wildman–Crippen MR) is 61.5 cm³/mol. The lowest BCUT2D eigenvalue weighted by molar-refractivity contribution is -0.394. The second-order valence-electron chi connectivity index (χ2n) is 3.51. The van der Waals surface area contributed by atoms with E-state index in [4.69, 9.17) is 10.7 Å². The van der Waals surface area contributed by atoms with Crippen molar-refractivity contribution in [3.63, 3.8) is 0 Å². The van der Waals surface area contributed by atoms with E-state index in [0.717, 1.165) is 0 Å². The van der Waals surface area contributed by atoms with E-state index in [1.165, 1.54) is 11.9 Å².